The number of urea groups is 1. The number of nitrogens with one attached hydrogen (secondary N) is 1. The van der Waals surface area contributed by atoms with Gasteiger partial charge in [-0.05, 0) is 52.9 Å². The summed E-state index contributed by atoms with van der Waals surface area (Å²) in [6.45, 7) is 13.3. The molecule has 0 bridgehead atoms. The third-order valence-corrected chi connectivity index (χ3v) is 8.89. The molecule has 8 nitrogen and oxygen atoms in total. The van der Waals surface area contributed by atoms with Crippen molar-refractivity contribution in [3.8, 4) is 0 Å². The van der Waals surface area contributed by atoms with Gasteiger partial charge in [0.1, 0.15) is 0 Å². The number of rotatable bonds is 20. The molecule has 0 aromatic heterocycles. The maximum absolute atomic E-state index is 13.3. The van der Waals surface area contributed by atoms with E-state index in [2.05, 4.69) is 18.8 Å². The number of nitrogens with zero attached hydrogens (tertiary/aromatic N) is 1. The Balaban J connectivity index is 2.12. The van der Waals surface area contributed by atoms with Crippen LogP contribution in [0.25, 0.3) is 0 Å². The molecule has 0 saturated heterocycles. The molecule has 2 rings (SSSR count). The zero-order chi connectivity index (χ0) is 31.6. The minimum absolute atomic E-state index is 0.0373. The zero-order valence-electron chi connectivity index (χ0n) is 27.8. The SMILES string of the molecule is C=COC(=O)C1=C(C)NC(=O)N(C(=O)OCC)C1C1C(CCCCCCCCCCCCCCC)CCCC1OC(C)C. The molecule has 43 heavy (non-hydrogen) atoms. The highest BCUT2D eigenvalue weighted by Crippen LogP contribution is 2.43. The predicted molar refractivity (Wildman–Crippen MR) is 171 cm³/mol. The van der Waals surface area contributed by atoms with Crippen molar-refractivity contribution in [3.63, 3.8) is 0 Å². The Kier molecular flexibility index (Phi) is 17.6. The number of carbonyl (C=O) groups is 3. The van der Waals surface area contributed by atoms with E-state index in [0.29, 0.717) is 5.70 Å². The van der Waals surface area contributed by atoms with Crippen LogP contribution in [0.3, 0.4) is 0 Å². The molecule has 0 aromatic carbocycles. The third-order valence-electron chi connectivity index (χ3n) is 8.89. The lowest BCUT2D eigenvalue weighted by atomic mass is 9.68. The molecule has 8 heteroatoms. The molecule has 4 unspecified atom stereocenters. The van der Waals surface area contributed by atoms with Crippen LogP contribution in [0, 0.1) is 11.8 Å². The van der Waals surface area contributed by atoms with Gasteiger partial charge in [0.25, 0.3) is 0 Å². The van der Waals surface area contributed by atoms with Gasteiger partial charge in [0.2, 0.25) is 0 Å². The fourth-order valence-corrected chi connectivity index (χ4v) is 6.93. The Morgan fingerprint density at radius 1 is 0.953 bits per heavy atom. The molecule has 246 valence electrons. The summed E-state index contributed by atoms with van der Waals surface area (Å²) < 4.78 is 17.0. The summed E-state index contributed by atoms with van der Waals surface area (Å²) in [5, 5.41) is 2.68. The second kappa shape index (κ2) is 20.6. The molecule has 0 radical (unpaired) electrons. The largest absolute Gasteiger partial charge is 0.449 e. The van der Waals surface area contributed by atoms with E-state index in [1.807, 2.05) is 13.8 Å². The number of carbonyl (C=O) groups excluding carboxylic acids is 3. The van der Waals surface area contributed by atoms with Crippen molar-refractivity contribution >= 4 is 18.1 Å². The summed E-state index contributed by atoms with van der Waals surface area (Å²) in [5.74, 6) is -0.705. The molecule has 0 spiro atoms. The highest BCUT2D eigenvalue weighted by atomic mass is 16.6. The van der Waals surface area contributed by atoms with Crippen LogP contribution < -0.4 is 5.32 Å². The molecule has 3 amide bonds. The summed E-state index contributed by atoms with van der Waals surface area (Å²) in [5.41, 5.74) is 0.642. The maximum Gasteiger partial charge on any atom is 0.418 e. The van der Waals surface area contributed by atoms with Crippen LogP contribution >= 0.6 is 0 Å². The summed E-state index contributed by atoms with van der Waals surface area (Å²) in [6.07, 6.45) is 20.7. The van der Waals surface area contributed by atoms with Crippen molar-refractivity contribution < 1.29 is 28.6 Å². The minimum Gasteiger partial charge on any atom is -0.449 e. The van der Waals surface area contributed by atoms with Gasteiger partial charge in [-0.1, -0.05) is 103 Å². The van der Waals surface area contributed by atoms with Gasteiger partial charge in [0.15, 0.2) is 0 Å². The minimum atomic E-state index is -0.851. The summed E-state index contributed by atoms with van der Waals surface area (Å²) >= 11 is 0. The van der Waals surface area contributed by atoms with Crippen LogP contribution in [-0.2, 0) is 19.0 Å². The Bertz CT molecular complexity index is 901. The second-order valence-corrected chi connectivity index (χ2v) is 12.6. The van der Waals surface area contributed by atoms with E-state index in [4.69, 9.17) is 14.2 Å². The molecule has 1 saturated carbocycles. The van der Waals surface area contributed by atoms with Crippen molar-refractivity contribution in [3.05, 3.63) is 24.1 Å². The quantitative estimate of drug-likeness (QED) is 0.0846. The van der Waals surface area contributed by atoms with Gasteiger partial charge in [-0.15, -0.1) is 0 Å². The van der Waals surface area contributed by atoms with Gasteiger partial charge in [-0.25, -0.2) is 19.3 Å². The number of hydrogen-bond donors (Lipinski definition) is 1. The first-order valence-corrected chi connectivity index (χ1v) is 17.2. The monoisotopic (exact) mass is 604 g/mol. The van der Waals surface area contributed by atoms with Crippen molar-refractivity contribution in [2.75, 3.05) is 6.61 Å². The van der Waals surface area contributed by atoms with E-state index in [0.717, 1.165) is 49.7 Å². The lowest BCUT2D eigenvalue weighted by Gasteiger charge is -2.47. The lowest BCUT2D eigenvalue weighted by Crippen LogP contribution is -2.61. The average molecular weight is 605 g/mol. The number of unbranched alkanes of at least 4 members (excludes halogenated alkanes) is 12. The number of allylic oxidation sites excluding steroid dienone is 1. The molecule has 4 atom stereocenters. The number of ether oxygens (including phenoxy) is 3. The van der Waals surface area contributed by atoms with Gasteiger partial charge < -0.3 is 19.5 Å². The number of amides is 3. The molecule has 1 fully saturated rings. The van der Waals surface area contributed by atoms with E-state index in [-0.39, 0.29) is 36.2 Å². The van der Waals surface area contributed by atoms with Gasteiger partial charge in [-0.2, -0.15) is 0 Å². The van der Waals surface area contributed by atoms with Crippen molar-refractivity contribution in [2.45, 2.75) is 162 Å². The first-order valence-electron chi connectivity index (χ1n) is 17.2. The Hall–Kier alpha value is -2.35. The summed E-state index contributed by atoms with van der Waals surface area (Å²) in [7, 11) is 0. The average Bonchev–Trinajstić information content (AvgIpc) is 2.95. The van der Waals surface area contributed by atoms with Crippen molar-refractivity contribution in [2.24, 2.45) is 11.8 Å². The summed E-state index contributed by atoms with van der Waals surface area (Å²) in [6, 6.07) is -1.44. The van der Waals surface area contributed by atoms with Crippen molar-refractivity contribution in [1.29, 1.82) is 0 Å². The van der Waals surface area contributed by atoms with E-state index >= 15 is 0 Å². The first-order chi connectivity index (χ1) is 20.8. The fourth-order valence-electron chi connectivity index (χ4n) is 6.93. The first kappa shape index (κ1) is 36.8. The normalized spacial score (nSPS) is 22.5. The van der Waals surface area contributed by atoms with Crippen LogP contribution in [0.15, 0.2) is 24.1 Å². The fraction of sp³-hybridized carbons (Fsp3) is 0.800. The molecular weight excluding hydrogens is 544 g/mol. The Morgan fingerprint density at radius 3 is 2.07 bits per heavy atom. The van der Waals surface area contributed by atoms with Gasteiger partial charge >= 0.3 is 18.1 Å². The molecule has 0 aromatic rings. The highest BCUT2D eigenvalue weighted by molar-refractivity contribution is 6.00. The third kappa shape index (κ3) is 11.9. The van der Waals surface area contributed by atoms with E-state index in [1.165, 1.54) is 70.6 Å². The van der Waals surface area contributed by atoms with Crippen LogP contribution in [0.4, 0.5) is 9.59 Å². The molecular formula is C35H60N2O6. The molecule has 1 N–H and O–H groups in total. The van der Waals surface area contributed by atoms with Gasteiger partial charge in [0.05, 0.1) is 36.7 Å². The Morgan fingerprint density at radius 2 is 1.53 bits per heavy atom. The maximum atomic E-state index is 13.3. The highest BCUT2D eigenvalue weighted by Gasteiger charge is 2.51. The number of imide groups is 1. The molecule has 1 aliphatic carbocycles. The van der Waals surface area contributed by atoms with Gasteiger partial charge in [-0.3, -0.25) is 0 Å². The van der Waals surface area contributed by atoms with Crippen LogP contribution in [0.5, 0.6) is 0 Å². The molecule has 1 heterocycles. The van der Waals surface area contributed by atoms with E-state index < -0.39 is 24.1 Å². The second-order valence-electron chi connectivity index (χ2n) is 12.6. The smallest absolute Gasteiger partial charge is 0.418 e. The zero-order valence-corrected chi connectivity index (χ0v) is 27.8. The van der Waals surface area contributed by atoms with Crippen molar-refractivity contribution in [1.82, 2.24) is 10.2 Å². The van der Waals surface area contributed by atoms with Gasteiger partial charge in [0, 0.05) is 11.6 Å². The summed E-state index contributed by atoms with van der Waals surface area (Å²) in [4.78, 5) is 40.9. The molecule has 2 aliphatic rings. The van der Waals surface area contributed by atoms with Crippen LogP contribution in [-0.4, -0.2) is 47.9 Å². The number of hydrogen-bond acceptors (Lipinski definition) is 6. The standard InChI is InChI=1S/C35H60N2O6/c1-7-10-11-12-13-14-15-16-17-18-19-20-21-23-28-24-22-25-29(43-26(4)5)31(28)32-30(33(38)41-8-2)27(6)36-34(39)37(32)35(40)42-9-3/h8,26,28-29,31-32H,2,7,9-25H2,1,3-6H3,(H,36,39). The number of esters is 1. The Labute approximate surface area is 261 Å². The lowest BCUT2D eigenvalue weighted by molar-refractivity contribution is -0.135. The van der Waals surface area contributed by atoms with Crippen LogP contribution in [0.2, 0.25) is 0 Å². The van der Waals surface area contributed by atoms with E-state index in [1.54, 1.807) is 13.8 Å². The van der Waals surface area contributed by atoms with E-state index in [9.17, 15) is 14.4 Å². The molecule has 1 aliphatic heterocycles. The van der Waals surface area contributed by atoms with Crippen LogP contribution in [0.1, 0.15) is 144 Å². The topological polar surface area (TPSA) is 94.2 Å². The predicted octanol–water partition coefficient (Wildman–Crippen LogP) is 9.19.